The summed E-state index contributed by atoms with van der Waals surface area (Å²) in [4.78, 5) is 12.2. The topological polar surface area (TPSA) is 44.1 Å². The summed E-state index contributed by atoms with van der Waals surface area (Å²) in [5.41, 5.74) is 1.16. The van der Waals surface area contributed by atoms with Crippen molar-refractivity contribution in [3.8, 4) is 5.75 Å². The van der Waals surface area contributed by atoms with Crippen molar-refractivity contribution in [1.29, 1.82) is 0 Å². The number of carbonyl (C=O) groups excluding carboxylic acids is 1. The van der Waals surface area contributed by atoms with Gasteiger partial charge in [0.2, 0.25) is 0 Å². The van der Waals surface area contributed by atoms with E-state index in [-0.39, 0.29) is 17.1 Å². The van der Waals surface area contributed by atoms with Gasteiger partial charge in [-0.05, 0) is 31.2 Å². The van der Waals surface area contributed by atoms with Gasteiger partial charge in [-0.3, -0.25) is 9.48 Å². The Labute approximate surface area is 120 Å². The lowest BCUT2D eigenvalue weighted by molar-refractivity contribution is 0.101. The SMILES string of the molecule is COc1ccc(F)cc1C(=O)CSc1cc(C)nn1C. The number of benzene rings is 1. The third-order valence-electron chi connectivity index (χ3n) is 2.77. The first-order chi connectivity index (χ1) is 9.51. The van der Waals surface area contributed by atoms with Crippen LogP contribution in [0.3, 0.4) is 0 Å². The Balaban J connectivity index is 2.12. The summed E-state index contributed by atoms with van der Waals surface area (Å²) in [7, 11) is 3.28. The number of hydrogen-bond donors (Lipinski definition) is 0. The fourth-order valence-electron chi connectivity index (χ4n) is 1.84. The van der Waals surface area contributed by atoms with E-state index in [1.807, 2.05) is 20.0 Å². The zero-order chi connectivity index (χ0) is 14.7. The Morgan fingerprint density at radius 2 is 2.20 bits per heavy atom. The van der Waals surface area contributed by atoms with E-state index in [1.54, 1.807) is 4.68 Å². The molecule has 106 valence electrons. The fourth-order valence-corrected chi connectivity index (χ4v) is 2.75. The van der Waals surface area contributed by atoms with Gasteiger partial charge in [0, 0.05) is 7.05 Å². The number of aryl methyl sites for hydroxylation is 2. The monoisotopic (exact) mass is 294 g/mol. The largest absolute Gasteiger partial charge is 0.496 e. The van der Waals surface area contributed by atoms with Gasteiger partial charge in [-0.25, -0.2) is 4.39 Å². The fraction of sp³-hybridized carbons (Fsp3) is 0.286. The van der Waals surface area contributed by atoms with E-state index >= 15 is 0 Å². The number of ether oxygens (including phenoxy) is 1. The number of Topliss-reactive ketones (excluding diaryl/α,β-unsaturated/α-hetero) is 1. The number of nitrogens with zero attached hydrogens (tertiary/aromatic N) is 2. The van der Waals surface area contributed by atoms with Crippen LogP contribution >= 0.6 is 11.8 Å². The average molecular weight is 294 g/mol. The van der Waals surface area contributed by atoms with Crippen LogP contribution in [-0.2, 0) is 7.05 Å². The maximum absolute atomic E-state index is 13.2. The summed E-state index contributed by atoms with van der Waals surface area (Å²) in [6.07, 6.45) is 0. The van der Waals surface area contributed by atoms with E-state index in [4.69, 9.17) is 4.74 Å². The molecule has 0 bridgehead atoms. The summed E-state index contributed by atoms with van der Waals surface area (Å²) >= 11 is 1.37. The average Bonchev–Trinajstić information content (AvgIpc) is 2.74. The molecule has 0 atom stereocenters. The van der Waals surface area contributed by atoms with E-state index in [1.165, 1.54) is 37.1 Å². The molecule has 0 saturated carbocycles. The van der Waals surface area contributed by atoms with Crippen molar-refractivity contribution < 1.29 is 13.9 Å². The highest BCUT2D eigenvalue weighted by atomic mass is 32.2. The molecule has 0 aliphatic rings. The van der Waals surface area contributed by atoms with Gasteiger partial charge in [0.25, 0.3) is 0 Å². The summed E-state index contributed by atoms with van der Waals surface area (Å²) in [5.74, 6) is -0.0300. The molecule has 20 heavy (non-hydrogen) atoms. The number of hydrogen-bond acceptors (Lipinski definition) is 4. The van der Waals surface area contributed by atoms with Crippen LogP contribution < -0.4 is 4.74 Å². The van der Waals surface area contributed by atoms with Gasteiger partial charge >= 0.3 is 0 Å². The molecule has 2 rings (SSSR count). The minimum absolute atomic E-state index is 0.176. The van der Waals surface area contributed by atoms with Crippen LogP contribution in [0.1, 0.15) is 16.1 Å². The Morgan fingerprint density at radius 3 is 2.80 bits per heavy atom. The molecule has 1 aromatic heterocycles. The molecule has 4 nitrogen and oxygen atoms in total. The van der Waals surface area contributed by atoms with Crippen LogP contribution in [0, 0.1) is 12.7 Å². The molecular weight excluding hydrogens is 279 g/mol. The molecule has 0 aliphatic heterocycles. The molecule has 0 spiro atoms. The lowest BCUT2D eigenvalue weighted by Crippen LogP contribution is -2.06. The minimum Gasteiger partial charge on any atom is -0.496 e. The maximum atomic E-state index is 13.2. The molecule has 0 radical (unpaired) electrons. The van der Waals surface area contributed by atoms with Gasteiger partial charge in [0.05, 0.1) is 29.1 Å². The maximum Gasteiger partial charge on any atom is 0.176 e. The Kier molecular flexibility index (Phi) is 4.44. The van der Waals surface area contributed by atoms with Crippen LogP contribution in [0.15, 0.2) is 29.3 Å². The Morgan fingerprint density at radius 1 is 1.45 bits per heavy atom. The molecule has 2 aromatic rings. The third kappa shape index (κ3) is 3.19. The smallest absolute Gasteiger partial charge is 0.176 e. The zero-order valence-electron chi connectivity index (χ0n) is 11.5. The summed E-state index contributed by atoms with van der Waals surface area (Å²) in [6, 6.07) is 5.84. The predicted molar refractivity (Wildman–Crippen MR) is 76.0 cm³/mol. The number of ketones is 1. The molecule has 0 saturated heterocycles. The van der Waals surface area contributed by atoms with E-state index < -0.39 is 5.82 Å². The Bertz CT molecular complexity index is 640. The van der Waals surface area contributed by atoms with E-state index in [9.17, 15) is 9.18 Å². The van der Waals surface area contributed by atoms with Gasteiger partial charge in [-0.2, -0.15) is 5.10 Å². The summed E-state index contributed by atoms with van der Waals surface area (Å²) in [6.45, 7) is 1.89. The van der Waals surface area contributed by atoms with Crippen molar-refractivity contribution in [2.45, 2.75) is 11.9 Å². The van der Waals surface area contributed by atoms with Crippen LogP contribution in [0.4, 0.5) is 4.39 Å². The van der Waals surface area contributed by atoms with Crippen molar-refractivity contribution in [1.82, 2.24) is 9.78 Å². The van der Waals surface area contributed by atoms with Gasteiger partial charge in [0.15, 0.2) is 5.78 Å². The Hall–Kier alpha value is -1.82. The van der Waals surface area contributed by atoms with Crippen LogP contribution in [0.25, 0.3) is 0 Å². The van der Waals surface area contributed by atoms with Gasteiger partial charge in [-0.1, -0.05) is 11.8 Å². The third-order valence-corrected chi connectivity index (χ3v) is 3.86. The molecule has 6 heteroatoms. The number of halogens is 1. The van der Waals surface area contributed by atoms with Crippen LogP contribution in [0.5, 0.6) is 5.75 Å². The number of thioether (sulfide) groups is 1. The number of carbonyl (C=O) groups is 1. The van der Waals surface area contributed by atoms with Crippen molar-refractivity contribution in [2.24, 2.45) is 7.05 Å². The van der Waals surface area contributed by atoms with Crippen molar-refractivity contribution in [2.75, 3.05) is 12.9 Å². The minimum atomic E-state index is -0.449. The van der Waals surface area contributed by atoms with E-state index in [2.05, 4.69) is 5.10 Å². The standard InChI is InChI=1S/C14H15FN2O2S/c1-9-6-14(17(2)16-9)20-8-12(18)11-7-10(15)4-5-13(11)19-3/h4-7H,8H2,1-3H3. The summed E-state index contributed by atoms with van der Waals surface area (Å²) < 4.78 is 20.1. The molecule has 0 unspecified atom stereocenters. The van der Waals surface area contributed by atoms with Gasteiger partial charge in [-0.15, -0.1) is 0 Å². The number of rotatable bonds is 5. The zero-order valence-corrected chi connectivity index (χ0v) is 12.3. The molecular formula is C14H15FN2O2S. The van der Waals surface area contributed by atoms with Crippen molar-refractivity contribution in [3.05, 3.63) is 41.3 Å². The van der Waals surface area contributed by atoms with E-state index in [0.717, 1.165) is 10.7 Å². The second-order valence-electron chi connectivity index (χ2n) is 4.30. The van der Waals surface area contributed by atoms with Crippen molar-refractivity contribution >= 4 is 17.5 Å². The lowest BCUT2D eigenvalue weighted by atomic mass is 10.1. The van der Waals surface area contributed by atoms with Crippen LogP contribution in [0.2, 0.25) is 0 Å². The number of aromatic nitrogens is 2. The molecule has 1 heterocycles. The molecule has 0 fully saturated rings. The first-order valence-corrected chi connectivity index (χ1v) is 7.00. The highest BCUT2D eigenvalue weighted by Gasteiger charge is 2.15. The normalized spacial score (nSPS) is 10.6. The lowest BCUT2D eigenvalue weighted by Gasteiger charge is -2.07. The van der Waals surface area contributed by atoms with Gasteiger partial charge in [0.1, 0.15) is 11.6 Å². The molecule has 0 aliphatic carbocycles. The molecule has 0 amide bonds. The van der Waals surface area contributed by atoms with Crippen molar-refractivity contribution in [3.63, 3.8) is 0 Å². The first kappa shape index (κ1) is 14.6. The quantitative estimate of drug-likeness (QED) is 0.628. The van der Waals surface area contributed by atoms with Crippen LogP contribution in [-0.4, -0.2) is 28.4 Å². The molecule has 1 aromatic carbocycles. The predicted octanol–water partition coefficient (Wildman–Crippen LogP) is 2.85. The van der Waals surface area contributed by atoms with Gasteiger partial charge < -0.3 is 4.74 Å². The van der Waals surface area contributed by atoms with E-state index in [0.29, 0.717) is 5.75 Å². The number of methoxy groups -OCH3 is 1. The molecule has 0 N–H and O–H groups in total. The first-order valence-electron chi connectivity index (χ1n) is 6.01. The highest BCUT2D eigenvalue weighted by molar-refractivity contribution is 7.99. The highest BCUT2D eigenvalue weighted by Crippen LogP contribution is 2.24. The second-order valence-corrected chi connectivity index (χ2v) is 5.30. The summed E-state index contributed by atoms with van der Waals surface area (Å²) in [5, 5.41) is 5.10. The second kappa shape index (κ2) is 6.09.